The minimum Gasteiger partial charge on any atom is -0.383 e. The van der Waals surface area contributed by atoms with E-state index in [-0.39, 0.29) is 23.0 Å². The zero-order chi connectivity index (χ0) is 22.7. The van der Waals surface area contributed by atoms with Crippen LogP contribution in [0, 0.1) is 0 Å². The van der Waals surface area contributed by atoms with Gasteiger partial charge in [-0.3, -0.25) is 14.2 Å². The van der Waals surface area contributed by atoms with E-state index in [1.54, 1.807) is 46.9 Å². The molecule has 1 atom stereocenters. The Labute approximate surface area is 195 Å². The largest absolute Gasteiger partial charge is 0.383 e. The molecule has 0 aliphatic carbocycles. The Morgan fingerprint density at radius 3 is 2.48 bits per heavy atom. The molecule has 0 radical (unpaired) electrons. The fourth-order valence-electron chi connectivity index (χ4n) is 3.45. The number of benzene rings is 2. The van der Waals surface area contributed by atoms with Gasteiger partial charge in [0.05, 0.1) is 34.1 Å². The fourth-order valence-corrected chi connectivity index (χ4v) is 4.11. The number of hydrogen-bond donors (Lipinski definition) is 0. The Balaban J connectivity index is 2.12. The SMILES string of the molecule is CCn1c(C(C)N(CCOC)C(=O)c2ccc(Cl)cc2Cl)nc2ccc(Cl)cc2c1=O. The fraction of sp³-hybridized carbons (Fsp3) is 0.318. The summed E-state index contributed by atoms with van der Waals surface area (Å²) in [5.74, 6) is 0.163. The van der Waals surface area contributed by atoms with Gasteiger partial charge in [-0.25, -0.2) is 4.98 Å². The van der Waals surface area contributed by atoms with Crippen molar-refractivity contribution >= 4 is 51.6 Å². The van der Waals surface area contributed by atoms with Crippen molar-refractivity contribution in [2.24, 2.45) is 0 Å². The summed E-state index contributed by atoms with van der Waals surface area (Å²) in [5.41, 5.74) is 0.622. The number of nitrogens with zero attached hydrogens (tertiary/aromatic N) is 3. The number of aromatic nitrogens is 2. The molecule has 0 bridgehead atoms. The summed E-state index contributed by atoms with van der Waals surface area (Å²) in [6, 6.07) is 9.18. The van der Waals surface area contributed by atoms with E-state index in [0.29, 0.717) is 45.5 Å². The molecule has 9 heteroatoms. The Bertz CT molecular complexity index is 1180. The Morgan fingerprint density at radius 2 is 1.84 bits per heavy atom. The third-order valence-corrected chi connectivity index (χ3v) is 5.84. The monoisotopic (exact) mass is 481 g/mol. The highest BCUT2D eigenvalue weighted by atomic mass is 35.5. The summed E-state index contributed by atoms with van der Waals surface area (Å²) >= 11 is 18.3. The van der Waals surface area contributed by atoms with Crippen LogP contribution in [-0.4, -0.2) is 40.6 Å². The molecule has 0 aliphatic heterocycles. The first-order valence-electron chi connectivity index (χ1n) is 9.73. The highest BCUT2D eigenvalue weighted by Crippen LogP contribution is 2.27. The smallest absolute Gasteiger partial charge is 0.261 e. The van der Waals surface area contributed by atoms with Crippen LogP contribution in [0.3, 0.4) is 0 Å². The molecule has 0 spiro atoms. The molecule has 164 valence electrons. The van der Waals surface area contributed by atoms with Gasteiger partial charge in [0.1, 0.15) is 5.82 Å². The summed E-state index contributed by atoms with van der Waals surface area (Å²) < 4.78 is 6.76. The van der Waals surface area contributed by atoms with Gasteiger partial charge in [-0.1, -0.05) is 34.8 Å². The van der Waals surface area contributed by atoms with E-state index in [1.165, 1.54) is 6.07 Å². The average Bonchev–Trinajstić information content (AvgIpc) is 2.74. The third kappa shape index (κ3) is 4.88. The molecule has 0 saturated heterocycles. The molecule has 0 aliphatic rings. The molecule has 1 aromatic heterocycles. The van der Waals surface area contributed by atoms with Gasteiger partial charge >= 0.3 is 0 Å². The first-order valence-corrected chi connectivity index (χ1v) is 10.9. The normalized spacial score (nSPS) is 12.2. The van der Waals surface area contributed by atoms with Crippen LogP contribution in [-0.2, 0) is 11.3 Å². The lowest BCUT2D eigenvalue weighted by molar-refractivity contribution is 0.0603. The van der Waals surface area contributed by atoms with Crippen molar-refractivity contribution < 1.29 is 9.53 Å². The number of methoxy groups -OCH3 is 1. The third-order valence-electron chi connectivity index (χ3n) is 5.06. The number of carbonyl (C=O) groups is 1. The van der Waals surface area contributed by atoms with Gasteiger partial charge in [0.25, 0.3) is 11.5 Å². The predicted octanol–water partition coefficient (Wildman–Crippen LogP) is 5.23. The van der Waals surface area contributed by atoms with Gasteiger partial charge in [-0.05, 0) is 50.2 Å². The number of hydrogen-bond acceptors (Lipinski definition) is 4. The van der Waals surface area contributed by atoms with Crippen LogP contribution < -0.4 is 5.56 Å². The molecule has 1 unspecified atom stereocenters. The second-order valence-corrected chi connectivity index (χ2v) is 8.25. The minimum atomic E-state index is -0.526. The summed E-state index contributed by atoms with van der Waals surface area (Å²) in [6.07, 6.45) is 0. The van der Waals surface area contributed by atoms with Gasteiger partial charge in [0.15, 0.2) is 0 Å². The molecule has 1 heterocycles. The highest BCUT2D eigenvalue weighted by Gasteiger charge is 2.28. The lowest BCUT2D eigenvalue weighted by atomic mass is 10.1. The quantitative estimate of drug-likeness (QED) is 0.463. The molecule has 0 saturated carbocycles. The Morgan fingerprint density at radius 1 is 1.16 bits per heavy atom. The summed E-state index contributed by atoms with van der Waals surface area (Å²) in [5, 5.41) is 1.58. The predicted molar refractivity (Wildman–Crippen MR) is 124 cm³/mol. The lowest BCUT2D eigenvalue weighted by Crippen LogP contribution is -2.39. The van der Waals surface area contributed by atoms with E-state index >= 15 is 0 Å². The minimum absolute atomic E-state index is 0.208. The topological polar surface area (TPSA) is 64.4 Å². The first-order chi connectivity index (χ1) is 14.8. The van der Waals surface area contributed by atoms with Gasteiger partial charge in [0, 0.05) is 30.2 Å². The maximum atomic E-state index is 13.4. The van der Waals surface area contributed by atoms with E-state index in [1.807, 2.05) is 13.8 Å². The van der Waals surface area contributed by atoms with Crippen molar-refractivity contribution in [1.82, 2.24) is 14.5 Å². The standard InChI is InChI=1S/C22H22Cl3N3O3/c1-4-27-20(26-19-8-6-14(23)11-17(19)22(27)30)13(2)28(9-10-31-3)21(29)16-7-5-15(24)12-18(16)25/h5-8,11-13H,4,9-10H2,1-3H3. The molecular formula is C22H22Cl3N3O3. The summed E-state index contributed by atoms with van der Waals surface area (Å²) in [6.45, 7) is 4.66. The van der Waals surface area contributed by atoms with Crippen LogP contribution in [0.1, 0.15) is 36.1 Å². The van der Waals surface area contributed by atoms with E-state index in [2.05, 4.69) is 0 Å². The van der Waals surface area contributed by atoms with Crippen LogP contribution in [0.4, 0.5) is 0 Å². The summed E-state index contributed by atoms with van der Waals surface area (Å²) in [7, 11) is 1.56. The van der Waals surface area contributed by atoms with Crippen molar-refractivity contribution in [1.29, 1.82) is 0 Å². The number of carbonyl (C=O) groups excluding carboxylic acids is 1. The van der Waals surface area contributed by atoms with Crippen molar-refractivity contribution in [3.05, 3.63) is 73.2 Å². The van der Waals surface area contributed by atoms with Crippen LogP contribution >= 0.6 is 34.8 Å². The molecule has 0 N–H and O–H groups in total. The number of rotatable bonds is 7. The maximum Gasteiger partial charge on any atom is 0.261 e. The molecular weight excluding hydrogens is 461 g/mol. The molecule has 1 amide bonds. The zero-order valence-corrected chi connectivity index (χ0v) is 19.6. The van der Waals surface area contributed by atoms with E-state index in [4.69, 9.17) is 44.5 Å². The Kier molecular flexibility index (Phi) is 7.59. The second kappa shape index (κ2) is 10.0. The molecule has 2 aromatic carbocycles. The zero-order valence-electron chi connectivity index (χ0n) is 17.4. The summed E-state index contributed by atoms with van der Waals surface area (Å²) in [4.78, 5) is 32.8. The molecule has 3 rings (SSSR count). The number of ether oxygens (including phenoxy) is 1. The average molecular weight is 483 g/mol. The van der Waals surface area contributed by atoms with Crippen LogP contribution in [0.25, 0.3) is 10.9 Å². The number of fused-ring (bicyclic) bond motifs is 1. The van der Waals surface area contributed by atoms with E-state index in [9.17, 15) is 9.59 Å². The van der Waals surface area contributed by atoms with Crippen molar-refractivity contribution in [2.75, 3.05) is 20.3 Å². The number of halogens is 3. The molecule has 0 fully saturated rings. The Hall–Kier alpha value is -2.12. The van der Waals surface area contributed by atoms with Gasteiger partial charge in [-0.15, -0.1) is 0 Å². The molecule has 31 heavy (non-hydrogen) atoms. The van der Waals surface area contributed by atoms with E-state index in [0.717, 1.165) is 0 Å². The van der Waals surface area contributed by atoms with Crippen LogP contribution in [0.2, 0.25) is 15.1 Å². The highest BCUT2D eigenvalue weighted by molar-refractivity contribution is 6.36. The number of amides is 1. The molecule has 6 nitrogen and oxygen atoms in total. The first kappa shape index (κ1) is 23.5. The maximum absolute atomic E-state index is 13.4. The lowest BCUT2D eigenvalue weighted by Gasteiger charge is -2.30. The van der Waals surface area contributed by atoms with Crippen molar-refractivity contribution in [3.8, 4) is 0 Å². The second-order valence-electron chi connectivity index (χ2n) is 6.97. The molecule has 3 aromatic rings. The van der Waals surface area contributed by atoms with Gasteiger partial charge in [0.2, 0.25) is 0 Å². The van der Waals surface area contributed by atoms with Gasteiger partial charge < -0.3 is 9.64 Å². The van der Waals surface area contributed by atoms with E-state index < -0.39 is 6.04 Å². The van der Waals surface area contributed by atoms with Gasteiger partial charge in [-0.2, -0.15) is 0 Å². The van der Waals surface area contributed by atoms with Crippen molar-refractivity contribution in [3.63, 3.8) is 0 Å². The van der Waals surface area contributed by atoms with Crippen LogP contribution in [0.5, 0.6) is 0 Å². The van der Waals surface area contributed by atoms with Crippen molar-refractivity contribution in [2.45, 2.75) is 26.4 Å². The van der Waals surface area contributed by atoms with Crippen LogP contribution in [0.15, 0.2) is 41.2 Å².